The van der Waals surface area contributed by atoms with Crippen molar-refractivity contribution in [2.24, 2.45) is 0 Å². The van der Waals surface area contributed by atoms with E-state index in [4.69, 9.17) is 16.3 Å². The summed E-state index contributed by atoms with van der Waals surface area (Å²) in [6, 6.07) is 14.5. The molecule has 2 heterocycles. The Kier molecular flexibility index (Phi) is 6.73. The zero-order chi connectivity index (χ0) is 23.6. The van der Waals surface area contributed by atoms with Crippen LogP contribution in [0.4, 0.5) is 17.5 Å². The normalized spacial score (nSPS) is 14.8. The topological polar surface area (TPSA) is 87.7 Å². The number of halogens is 1. The van der Waals surface area contributed by atoms with Gasteiger partial charge in [-0.2, -0.15) is 9.29 Å². The molecule has 0 saturated carbocycles. The largest absolute Gasteiger partial charge is 0.495 e. The molecule has 10 heteroatoms. The van der Waals surface area contributed by atoms with Gasteiger partial charge in [0.2, 0.25) is 16.0 Å². The van der Waals surface area contributed by atoms with E-state index >= 15 is 0 Å². The summed E-state index contributed by atoms with van der Waals surface area (Å²) in [5.41, 5.74) is 2.91. The van der Waals surface area contributed by atoms with Crippen molar-refractivity contribution < 1.29 is 13.2 Å². The first-order valence-corrected chi connectivity index (χ1v) is 12.4. The Morgan fingerprint density at radius 2 is 1.67 bits per heavy atom. The van der Waals surface area contributed by atoms with E-state index in [1.54, 1.807) is 12.1 Å². The number of hydrogen-bond acceptors (Lipinski definition) is 7. The fraction of sp³-hybridized carbons (Fsp3) is 0.304. The summed E-state index contributed by atoms with van der Waals surface area (Å²) in [7, 11) is -2.30. The monoisotopic (exact) mass is 487 g/mol. The van der Waals surface area contributed by atoms with Crippen molar-refractivity contribution >= 4 is 39.1 Å². The Morgan fingerprint density at radius 3 is 2.33 bits per heavy atom. The predicted molar refractivity (Wildman–Crippen MR) is 130 cm³/mol. The third-order valence-electron chi connectivity index (χ3n) is 5.45. The van der Waals surface area contributed by atoms with Gasteiger partial charge in [0, 0.05) is 48.6 Å². The van der Waals surface area contributed by atoms with Gasteiger partial charge < -0.3 is 15.0 Å². The quantitative estimate of drug-likeness (QED) is 0.562. The molecule has 8 nitrogen and oxygen atoms in total. The minimum atomic E-state index is -3.74. The molecule has 0 unspecified atom stereocenters. The second-order valence-electron chi connectivity index (χ2n) is 7.87. The number of hydrogen-bond donors (Lipinski definition) is 1. The highest BCUT2D eigenvalue weighted by Crippen LogP contribution is 2.30. The zero-order valence-electron chi connectivity index (χ0n) is 18.7. The second-order valence-corrected chi connectivity index (χ2v) is 10.2. The lowest BCUT2D eigenvalue weighted by Gasteiger charge is -2.35. The number of nitrogens with zero attached hydrogens (tertiary/aromatic N) is 4. The van der Waals surface area contributed by atoms with Gasteiger partial charge in [-0.25, -0.2) is 13.4 Å². The third-order valence-corrected chi connectivity index (χ3v) is 7.61. The molecule has 1 N–H and O–H groups in total. The van der Waals surface area contributed by atoms with E-state index in [-0.39, 0.29) is 10.6 Å². The van der Waals surface area contributed by atoms with Gasteiger partial charge in [0.1, 0.15) is 16.5 Å². The molecule has 0 radical (unpaired) electrons. The zero-order valence-corrected chi connectivity index (χ0v) is 20.3. The highest BCUT2D eigenvalue weighted by molar-refractivity contribution is 7.89. The average Bonchev–Trinajstić information content (AvgIpc) is 2.80. The van der Waals surface area contributed by atoms with Crippen LogP contribution in [-0.2, 0) is 10.0 Å². The van der Waals surface area contributed by atoms with Crippen LogP contribution in [-0.4, -0.2) is 56.0 Å². The molecule has 0 bridgehead atoms. The number of benzene rings is 2. The van der Waals surface area contributed by atoms with E-state index in [0.29, 0.717) is 37.1 Å². The molecule has 1 fully saturated rings. The lowest BCUT2D eigenvalue weighted by atomic mass is 10.2. The van der Waals surface area contributed by atoms with Gasteiger partial charge in [0.15, 0.2) is 0 Å². The minimum Gasteiger partial charge on any atom is -0.495 e. The van der Waals surface area contributed by atoms with Crippen LogP contribution in [0.25, 0.3) is 0 Å². The number of aromatic nitrogens is 2. The SMILES string of the molecule is COc1ccc(Cl)cc1S(=O)(=O)N1CCN(c2cc(C)nc(Nc3ccc(C)cc3)n2)CC1. The molecule has 4 rings (SSSR count). The summed E-state index contributed by atoms with van der Waals surface area (Å²) in [5, 5.41) is 3.59. The summed E-state index contributed by atoms with van der Waals surface area (Å²) in [4.78, 5) is 11.3. The number of methoxy groups -OCH3 is 1. The Hall–Kier alpha value is -2.88. The number of nitrogens with one attached hydrogen (secondary N) is 1. The Labute approximate surface area is 199 Å². The highest BCUT2D eigenvalue weighted by atomic mass is 35.5. The van der Waals surface area contributed by atoms with Crippen LogP contribution >= 0.6 is 11.6 Å². The van der Waals surface area contributed by atoms with Crippen LogP contribution in [0.3, 0.4) is 0 Å². The van der Waals surface area contributed by atoms with E-state index in [1.807, 2.05) is 44.2 Å². The van der Waals surface area contributed by atoms with Gasteiger partial charge in [-0.3, -0.25) is 0 Å². The Morgan fingerprint density at radius 1 is 0.970 bits per heavy atom. The molecular formula is C23H26ClN5O3S. The lowest BCUT2D eigenvalue weighted by molar-refractivity contribution is 0.373. The van der Waals surface area contributed by atoms with Crippen molar-refractivity contribution in [3.8, 4) is 5.75 Å². The molecular weight excluding hydrogens is 462 g/mol. The second kappa shape index (κ2) is 9.54. The summed E-state index contributed by atoms with van der Waals surface area (Å²) < 4.78 is 33.2. The van der Waals surface area contributed by atoms with Crippen molar-refractivity contribution in [3.63, 3.8) is 0 Å². The lowest BCUT2D eigenvalue weighted by Crippen LogP contribution is -2.49. The van der Waals surface area contributed by atoms with Crippen LogP contribution < -0.4 is 15.0 Å². The van der Waals surface area contributed by atoms with E-state index in [2.05, 4.69) is 20.2 Å². The maximum absolute atomic E-state index is 13.2. The fourth-order valence-corrected chi connectivity index (χ4v) is 5.53. The number of ether oxygens (including phenoxy) is 1. The molecule has 0 aliphatic carbocycles. The number of piperazine rings is 1. The van der Waals surface area contributed by atoms with Gasteiger partial charge in [-0.15, -0.1) is 0 Å². The average molecular weight is 488 g/mol. The van der Waals surface area contributed by atoms with Gasteiger partial charge >= 0.3 is 0 Å². The van der Waals surface area contributed by atoms with Gasteiger partial charge in [0.05, 0.1) is 7.11 Å². The first-order chi connectivity index (χ1) is 15.8. The van der Waals surface area contributed by atoms with Crippen LogP contribution in [0.1, 0.15) is 11.3 Å². The molecule has 1 aromatic heterocycles. The standard InChI is InChI=1S/C23H26ClN5O3S/c1-16-4-7-19(8-5-16)26-23-25-17(2)14-22(27-23)28-10-12-29(13-11-28)33(30,31)21-15-18(24)6-9-20(21)32-3/h4-9,14-15H,10-13H2,1-3H3,(H,25,26,27). The van der Waals surface area contributed by atoms with Gasteiger partial charge in [-0.05, 0) is 44.2 Å². The first kappa shape index (κ1) is 23.3. The third kappa shape index (κ3) is 5.21. The minimum absolute atomic E-state index is 0.0772. The van der Waals surface area contributed by atoms with E-state index in [1.165, 1.54) is 23.0 Å². The summed E-state index contributed by atoms with van der Waals surface area (Å²) >= 11 is 6.05. The molecule has 33 heavy (non-hydrogen) atoms. The Balaban J connectivity index is 1.49. The van der Waals surface area contributed by atoms with E-state index in [0.717, 1.165) is 17.2 Å². The molecule has 0 amide bonds. The smallest absolute Gasteiger partial charge is 0.246 e. The number of sulfonamides is 1. The van der Waals surface area contributed by atoms with Gasteiger partial charge in [-0.1, -0.05) is 29.3 Å². The van der Waals surface area contributed by atoms with Gasteiger partial charge in [0.25, 0.3) is 0 Å². The van der Waals surface area contributed by atoms with Crippen LogP contribution in [0.5, 0.6) is 5.75 Å². The summed E-state index contributed by atoms with van der Waals surface area (Å²) in [6.45, 7) is 5.60. The first-order valence-electron chi connectivity index (χ1n) is 10.5. The molecule has 0 spiro atoms. The van der Waals surface area contributed by atoms with E-state index < -0.39 is 10.0 Å². The van der Waals surface area contributed by atoms with Crippen LogP contribution in [0.2, 0.25) is 5.02 Å². The van der Waals surface area contributed by atoms with Crippen LogP contribution in [0, 0.1) is 13.8 Å². The molecule has 1 aliphatic rings. The predicted octanol–water partition coefficient (Wildman–Crippen LogP) is 4.01. The summed E-state index contributed by atoms with van der Waals surface area (Å²) in [5.74, 6) is 1.54. The Bertz CT molecular complexity index is 1240. The van der Waals surface area contributed by atoms with Crippen molar-refractivity contribution in [1.82, 2.24) is 14.3 Å². The van der Waals surface area contributed by atoms with E-state index in [9.17, 15) is 8.42 Å². The van der Waals surface area contributed by atoms with Crippen molar-refractivity contribution in [1.29, 1.82) is 0 Å². The number of aryl methyl sites for hydroxylation is 2. The maximum Gasteiger partial charge on any atom is 0.246 e. The number of anilines is 3. The van der Waals surface area contributed by atoms with Crippen molar-refractivity contribution in [3.05, 3.63) is 64.8 Å². The molecule has 2 aromatic carbocycles. The molecule has 0 atom stereocenters. The summed E-state index contributed by atoms with van der Waals surface area (Å²) in [6.07, 6.45) is 0. The van der Waals surface area contributed by atoms with Crippen LogP contribution in [0.15, 0.2) is 53.4 Å². The van der Waals surface area contributed by atoms with Crippen molar-refractivity contribution in [2.45, 2.75) is 18.7 Å². The molecule has 174 valence electrons. The molecule has 1 saturated heterocycles. The maximum atomic E-state index is 13.2. The number of rotatable bonds is 6. The molecule has 3 aromatic rings. The fourth-order valence-electron chi connectivity index (χ4n) is 3.68. The highest BCUT2D eigenvalue weighted by Gasteiger charge is 2.31. The molecule has 1 aliphatic heterocycles. The van der Waals surface area contributed by atoms with Crippen molar-refractivity contribution in [2.75, 3.05) is 43.5 Å².